The Morgan fingerprint density at radius 3 is 2.38 bits per heavy atom. The van der Waals surface area contributed by atoms with Crippen molar-refractivity contribution < 1.29 is 8.42 Å². The topological polar surface area (TPSA) is 72.2 Å². The van der Waals surface area contributed by atoms with E-state index in [-0.39, 0.29) is 18.2 Å². The highest BCUT2D eigenvalue weighted by atomic mass is 35.5. The summed E-state index contributed by atoms with van der Waals surface area (Å²) in [6.07, 6.45) is 0.529. The van der Waals surface area contributed by atoms with Gasteiger partial charge >= 0.3 is 0 Å². The van der Waals surface area contributed by atoms with Gasteiger partial charge in [0.05, 0.1) is 5.75 Å². The highest BCUT2D eigenvalue weighted by Crippen LogP contribution is 2.00. The van der Waals surface area contributed by atoms with Crippen molar-refractivity contribution in [2.45, 2.75) is 6.42 Å². The van der Waals surface area contributed by atoms with Crippen molar-refractivity contribution in [3.63, 3.8) is 0 Å². The molecule has 1 rings (SSSR count). The Balaban J connectivity index is 0.00000225. The van der Waals surface area contributed by atoms with Crippen molar-refractivity contribution in [1.82, 2.24) is 4.72 Å². The van der Waals surface area contributed by atoms with Crippen LogP contribution >= 0.6 is 12.4 Å². The number of halogens is 1. The van der Waals surface area contributed by atoms with Gasteiger partial charge in [0.25, 0.3) is 0 Å². The van der Waals surface area contributed by atoms with Crippen LogP contribution < -0.4 is 10.5 Å². The van der Waals surface area contributed by atoms with Crippen LogP contribution in [-0.4, -0.2) is 27.3 Å². The SMILES string of the molecule is Cl.NCCNS(=O)(=O)CCc1ccccc1. The van der Waals surface area contributed by atoms with Crippen LogP contribution in [0.2, 0.25) is 0 Å². The molecule has 0 radical (unpaired) electrons. The molecule has 6 heteroatoms. The van der Waals surface area contributed by atoms with Gasteiger partial charge in [-0.3, -0.25) is 0 Å². The Morgan fingerprint density at radius 2 is 1.81 bits per heavy atom. The third-order valence-electron chi connectivity index (χ3n) is 1.97. The highest BCUT2D eigenvalue weighted by molar-refractivity contribution is 7.89. The molecule has 0 aliphatic rings. The fourth-order valence-electron chi connectivity index (χ4n) is 1.18. The zero-order chi connectivity index (χ0) is 11.1. The van der Waals surface area contributed by atoms with E-state index in [0.717, 1.165) is 5.56 Å². The number of aryl methyl sites for hydroxylation is 1. The van der Waals surface area contributed by atoms with Gasteiger partial charge in [-0.15, -0.1) is 12.4 Å². The van der Waals surface area contributed by atoms with Crippen LogP contribution in [0.5, 0.6) is 0 Å². The average molecular weight is 265 g/mol. The number of benzene rings is 1. The number of rotatable bonds is 6. The first kappa shape index (κ1) is 15.4. The molecule has 0 aromatic heterocycles. The van der Waals surface area contributed by atoms with Gasteiger partial charge in [-0.1, -0.05) is 30.3 Å². The Labute approximate surface area is 103 Å². The summed E-state index contributed by atoms with van der Waals surface area (Å²) in [5, 5.41) is 0. The maximum absolute atomic E-state index is 11.4. The van der Waals surface area contributed by atoms with E-state index in [1.165, 1.54) is 0 Å². The molecule has 92 valence electrons. The van der Waals surface area contributed by atoms with Crippen LogP contribution in [0, 0.1) is 0 Å². The number of sulfonamides is 1. The Bertz CT molecular complexity index is 381. The van der Waals surface area contributed by atoms with E-state index in [2.05, 4.69) is 4.72 Å². The molecule has 3 N–H and O–H groups in total. The van der Waals surface area contributed by atoms with Crippen molar-refractivity contribution in [2.75, 3.05) is 18.8 Å². The van der Waals surface area contributed by atoms with E-state index < -0.39 is 10.0 Å². The molecule has 0 bridgehead atoms. The van der Waals surface area contributed by atoms with Crippen LogP contribution in [0.1, 0.15) is 5.56 Å². The van der Waals surface area contributed by atoms with Gasteiger partial charge in [-0.05, 0) is 12.0 Å². The molecule has 4 nitrogen and oxygen atoms in total. The second-order valence-electron chi connectivity index (χ2n) is 3.24. The third kappa shape index (κ3) is 6.07. The fraction of sp³-hybridized carbons (Fsp3) is 0.400. The molecule has 0 heterocycles. The van der Waals surface area contributed by atoms with Gasteiger partial charge in [0.2, 0.25) is 10.0 Å². The molecule has 0 saturated heterocycles. The summed E-state index contributed by atoms with van der Waals surface area (Å²) in [4.78, 5) is 0. The number of nitrogens with one attached hydrogen (secondary N) is 1. The minimum Gasteiger partial charge on any atom is -0.329 e. The van der Waals surface area contributed by atoms with Gasteiger partial charge in [0.15, 0.2) is 0 Å². The molecular weight excluding hydrogens is 248 g/mol. The zero-order valence-electron chi connectivity index (χ0n) is 8.93. The summed E-state index contributed by atoms with van der Waals surface area (Å²) in [7, 11) is -3.17. The van der Waals surface area contributed by atoms with Crippen LogP contribution in [0.25, 0.3) is 0 Å². The number of nitrogens with two attached hydrogens (primary N) is 1. The lowest BCUT2D eigenvalue weighted by Crippen LogP contribution is -2.31. The quantitative estimate of drug-likeness (QED) is 0.787. The van der Waals surface area contributed by atoms with Crippen LogP contribution in [0.3, 0.4) is 0 Å². The molecule has 1 aromatic rings. The summed E-state index contributed by atoms with van der Waals surface area (Å²) in [6.45, 7) is 0.627. The normalized spacial score (nSPS) is 10.8. The Morgan fingerprint density at radius 1 is 1.19 bits per heavy atom. The molecule has 1 aromatic carbocycles. The van der Waals surface area contributed by atoms with Crippen molar-refractivity contribution in [2.24, 2.45) is 5.73 Å². The number of hydrogen-bond donors (Lipinski definition) is 2. The van der Waals surface area contributed by atoms with E-state index in [1.807, 2.05) is 30.3 Å². The van der Waals surface area contributed by atoms with Crippen LogP contribution in [0.15, 0.2) is 30.3 Å². The van der Waals surface area contributed by atoms with Gasteiger partial charge in [0, 0.05) is 13.1 Å². The molecule has 0 aliphatic heterocycles. The summed E-state index contributed by atoms with van der Waals surface area (Å²) < 4.78 is 25.2. The van der Waals surface area contributed by atoms with Crippen molar-refractivity contribution in [1.29, 1.82) is 0 Å². The first-order valence-corrected chi connectivity index (χ1v) is 6.50. The highest BCUT2D eigenvalue weighted by Gasteiger charge is 2.08. The molecule has 16 heavy (non-hydrogen) atoms. The minimum absolute atomic E-state index is 0. The van der Waals surface area contributed by atoms with Gasteiger partial charge in [-0.25, -0.2) is 13.1 Å². The molecule has 0 spiro atoms. The molecule has 0 saturated carbocycles. The van der Waals surface area contributed by atoms with E-state index in [9.17, 15) is 8.42 Å². The second-order valence-corrected chi connectivity index (χ2v) is 5.16. The molecular formula is C10H17ClN2O2S. The maximum atomic E-state index is 11.4. The monoisotopic (exact) mass is 264 g/mol. The molecule has 0 fully saturated rings. The average Bonchev–Trinajstić information content (AvgIpc) is 2.25. The van der Waals surface area contributed by atoms with E-state index in [4.69, 9.17) is 5.73 Å². The Hall–Kier alpha value is -0.620. The third-order valence-corrected chi connectivity index (χ3v) is 3.35. The fourth-order valence-corrected chi connectivity index (χ4v) is 2.26. The van der Waals surface area contributed by atoms with Crippen molar-refractivity contribution >= 4 is 22.4 Å². The van der Waals surface area contributed by atoms with Gasteiger partial charge in [0.1, 0.15) is 0 Å². The number of hydrogen-bond acceptors (Lipinski definition) is 3. The Kier molecular flexibility index (Phi) is 7.33. The minimum atomic E-state index is -3.17. The second kappa shape index (κ2) is 7.62. The lowest BCUT2D eigenvalue weighted by molar-refractivity contribution is 0.581. The first-order valence-electron chi connectivity index (χ1n) is 4.85. The summed E-state index contributed by atoms with van der Waals surface area (Å²) in [6, 6.07) is 9.53. The molecule has 0 unspecified atom stereocenters. The van der Waals surface area contributed by atoms with Gasteiger partial charge in [-0.2, -0.15) is 0 Å². The predicted molar refractivity (Wildman–Crippen MR) is 68.2 cm³/mol. The van der Waals surface area contributed by atoms with E-state index >= 15 is 0 Å². The van der Waals surface area contributed by atoms with Crippen molar-refractivity contribution in [3.05, 3.63) is 35.9 Å². The summed E-state index contributed by atoms with van der Waals surface area (Å²) >= 11 is 0. The first-order chi connectivity index (χ1) is 7.14. The summed E-state index contributed by atoms with van der Waals surface area (Å²) in [5.74, 6) is 0.108. The van der Waals surface area contributed by atoms with Crippen LogP contribution in [-0.2, 0) is 16.4 Å². The largest absolute Gasteiger partial charge is 0.329 e. The maximum Gasteiger partial charge on any atom is 0.211 e. The van der Waals surface area contributed by atoms with E-state index in [0.29, 0.717) is 19.5 Å². The predicted octanol–water partition coefficient (Wildman–Crippen LogP) is 0.529. The zero-order valence-corrected chi connectivity index (χ0v) is 10.6. The van der Waals surface area contributed by atoms with E-state index in [1.54, 1.807) is 0 Å². The molecule has 0 amide bonds. The standard InChI is InChI=1S/C10H16N2O2S.ClH/c11-7-8-12-15(13,14)9-6-10-4-2-1-3-5-10;/h1-5,12H,6-9,11H2;1H. The molecule has 0 atom stereocenters. The summed E-state index contributed by atoms with van der Waals surface area (Å²) in [5.41, 5.74) is 6.24. The van der Waals surface area contributed by atoms with Gasteiger partial charge < -0.3 is 5.73 Å². The van der Waals surface area contributed by atoms with Crippen LogP contribution in [0.4, 0.5) is 0 Å². The van der Waals surface area contributed by atoms with Crippen molar-refractivity contribution in [3.8, 4) is 0 Å². The lowest BCUT2D eigenvalue weighted by atomic mass is 10.2. The smallest absolute Gasteiger partial charge is 0.211 e. The molecule has 0 aliphatic carbocycles. The lowest BCUT2D eigenvalue weighted by Gasteiger charge is -2.05.